The van der Waals surface area contributed by atoms with Gasteiger partial charge in [0.15, 0.2) is 0 Å². The van der Waals surface area contributed by atoms with Crippen LogP contribution in [0.2, 0.25) is 0 Å². The van der Waals surface area contributed by atoms with E-state index in [1.807, 2.05) is 0 Å². The summed E-state index contributed by atoms with van der Waals surface area (Å²) in [7, 11) is 1.30. The highest BCUT2D eigenvalue weighted by Crippen LogP contribution is 2.33. The van der Waals surface area contributed by atoms with Gasteiger partial charge in [0.1, 0.15) is 5.82 Å². The number of rotatable bonds is 3. The number of esters is 1. The van der Waals surface area contributed by atoms with E-state index < -0.39 is 23.2 Å². The van der Waals surface area contributed by atoms with Gasteiger partial charge in [-0.25, -0.2) is 4.39 Å². The molecule has 0 aliphatic carbocycles. The molecular formula is C12H15BrFNO2. The third-order valence-electron chi connectivity index (χ3n) is 2.79. The van der Waals surface area contributed by atoms with Crippen LogP contribution in [0.3, 0.4) is 0 Å². The highest BCUT2D eigenvalue weighted by molar-refractivity contribution is 9.10. The molecule has 0 amide bonds. The lowest BCUT2D eigenvalue weighted by atomic mass is 9.81. The normalized spacial score (nSPS) is 13.3. The molecule has 3 nitrogen and oxygen atoms in total. The number of carbonyl (C=O) groups is 1. The van der Waals surface area contributed by atoms with Crippen molar-refractivity contribution >= 4 is 21.9 Å². The van der Waals surface area contributed by atoms with Crippen LogP contribution in [0.5, 0.6) is 0 Å². The molecule has 0 radical (unpaired) electrons. The van der Waals surface area contributed by atoms with Gasteiger partial charge in [-0.3, -0.25) is 4.79 Å². The van der Waals surface area contributed by atoms with E-state index in [1.54, 1.807) is 26.0 Å². The quantitative estimate of drug-likeness (QED) is 0.874. The second-order valence-electron chi connectivity index (χ2n) is 4.36. The molecule has 94 valence electrons. The predicted molar refractivity (Wildman–Crippen MR) is 66.8 cm³/mol. The second kappa shape index (κ2) is 5.14. The molecule has 1 aromatic carbocycles. The summed E-state index contributed by atoms with van der Waals surface area (Å²) < 4.78 is 18.4. The fraction of sp³-hybridized carbons (Fsp3) is 0.417. The fourth-order valence-electron chi connectivity index (χ4n) is 1.51. The first-order valence-electron chi connectivity index (χ1n) is 5.09. The summed E-state index contributed by atoms with van der Waals surface area (Å²) in [4.78, 5) is 11.6. The van der Waals surface area contributed by atoms with Crippen LogP contribution < -0.4 is 5.73 Å². The van der Waals surface area contributed by atoms with Crippen molar-refractivity contribution in [1.29, 1.82) is 0 Å². The zero-order chi connectivity index (χ0) is 13.2. The molecule has 0 bridgehead atoms. The average Bonchev–Trinajstić information content (AvgIpc) is 2.30. The van der Waals surface area contributed by atoms with E-state index in [9.17, 15) is 9.18 Å². The zero-order valence-corrected chi connectivity index (χ0v) is 11.5. The molecular weight excluding hydrogens is 289 g/mol. The highest BCUT2D eigenvalue weighted by atomic mass is 79.9. The summed E-state index contributed by atoms with van der Waals surface area (Å²) in [5, 5.41) is 0. The monoisotopic (exact) mass is 303 g/mol. The Balaban J connectivity index is 3.07. The van der Waals surface area contributed by atoms with Gasteiger partial charge in [0.2, 0.25) is 0 Å². The Morgan fingerprint density at radius 1 is 1.53 bits per heavy atom. The van der Waals surface area contributed by atoms with Crippen LogP contribution in [0, 0.1) is 11.2 Å². The van der Waals surface area contributed by atoms with E-state index in [2.05, 4.69) is 20.7 Å². The summed E-state index contributed by atoms with van der Waals surface area (Å²) in [5.41, 5.74) is 5.63. The van der Waals surface area contributed by atoms with Gasteiger partial charge in [-0.15, -0.1) is 0 Å². The minimum atomic E-state index is -0.908. The van der Waals surface area contributed by atoms with Crippen molar-refractivity contribution in [3.8, 4) is 0 Å². The number of ether oxygens (including phenoxy) is 1. The van der Waals surface area contributed by atoms with Crippen molar-refractivity contribution in [2.75, 3.05) is 7.11 Å². The lowest BCUT2D eigenvalue weighted by Gasteiger charge is -2.29. The van der Waals surface area contributed by atoms with Gasteiger partial charge in [-0.1, -0.05) is 6.07 Å². The molecule has 1 rings (SSSR count). The first-order valence-corrected chi connectivity index (χ1v) is 5.89. The maximum atomic E-state index is 13.4. The third-order valence-corrected chi connectivity index (χ3v) is 3.43. The molecule has 0 heterocycles. The van der Waals surface area contributed by atoms with Gasteiger partial charge in [-0.2, -0.15) is 0 Å². The van der Waals surface area contributed by atoms with Crippen LogP contribution in [0.15, 0.2) is 22.7 Å². The molecule has 0 unspecified atom stereocenters. The van der Waals surface area contributed by atoms with E-state index in [4.69, 9.17) is 5.73 Å². The first-order chi connectivity index (χ1) is 7.80. The van der Waals surface area contributed by atoms with E-state index in [1.165, 1.54) is 13.2 Å². The summed E-state index contributed by atoms with van der Waals surface area (Å²) in [5.74, 6) is -0.827. The Morgan fingerprint density at radius 2 is 2.12 bits per heavy atom. The number of halogens is 2. The molecule has 0 saturated carbocycles. The standard InChI is InChI=1S/C12H15BrFNO2/c1-12(2,11(16)17-3)10(15)7-4-5-8(13)9(14)6-7/h4-6,10H,15H2,1-3H3/t10-/m0/s1. The number of benzene rings is 1. The van der Waals surface area contributed by atoms with Crippen LogP contribution in [-0.2, 0) is 9.53 Å². The molecule has 5 heteroatoms. The zero-order valence-electron chi connectivity index (χ0n) is 9.96. The Kier molecular flexibility index (Phi) is 4.27. The van der Waals surface area contributed by atoms with E-state index in [0.29, 0.717) is 10.0 Å². The summed E-state index contributed by atoms with van der Waals surface area (Å²) in [6.45, 7) is 3.34. The van der Waals surface area contributed by atoms with Crippen LogP contribution in [0.25, 0.3) is 0 Å². The van der Waals surface area contributed by atoms with Crippen LogP contribution in [-0.4, -0.2) is 13.1 Å². The van der Waals surface area contributed by atoms with Crippen molar-refractivity contribution < 1.29 is 13.9 Å². The van der Waals surface area contributed by atoms with Crippen LogP contribution in [0.1, 0.15) is 25.5 Å². The minimum absolute atomic E-state index is 0.365. The first kappa shape index (κ1) is 14.1. The van der Waals surface area contributed by atoms with Crippen molar-refractivity contribution in [3.05, 3.63) is 34.1 Å². The highest BCUT2D eigenvalue weighted by Gasteiger charge is 2.36. The van der Waals surface area contributed by atoms with Gasteiger partial charge in [0, 0.05) is 6.04 Å². The topological polar surface area (TPSA) is 52.3 Å². The Hall–Kier alpha value is -0.940. The summed E-state index contributed by atoms with van der Waals surface area (Å²) >= 11 is 3.06. The largest absolute Gasteiger partial charge is 0.469 e. The van der Waals surface area contributed by atoms with E-state index >= 15 is 0 Å². The average molecular weight is 304 g/mol. The van der Waals surface area contributed by atoms with Crippen molar-refractivity contribution in [3.63, 3.8) is 0 Å². The number of nitrogens with two attached hydrogens (primary N) is 1. The SMILES string of the molecule is COC(=O)C(C)(C)[C@@H](N)c1ccc(Br)c(F)c1. The Morgan fingerprint density at radius 3 is 2.59 bits per heavy atom. The maximum absolute atomic E-state index is 13.4. The van der Waals surface area contributed by atoms with Crippen molar-refractivity contribution in [1.82, 2.24) is 0 Å². The number of methoxy groups -OCH3 is 1. The summed E-state index contributed by atoms with van der Waals surface area (Å²) in [6, 6.07) is 3.94. The molecule has 0 aliphatic rings. The van der Waals surface area contributed by atoms with Gasteiger partial charge in [0.05, 0.1) is 17.0 Å². The smallest absolute Gasteiger partial charge is 0.313 e. The van der Waals surface area contributed by atoms with E-state index in [0.717, 1.165) is 0 Å². The van der Waals surface area contributed by atoms with Gasteiger partial charge in [-0.05, 0) is 47.5 Å². The number of hydrogen-bond donors (Lipinski definition) is 1. The molecule has 1 aromatic rings. The van der Waals surface area contributed by atoms with Crippen molar-refractivity contribution in [2.24, 2.45) is 11.1 Å². The molecule has 2 N–H and O–H groups in total. The molecule has 0 aromatic heterocycles. The second-order valence-corrected chi connectivity index (χ2v) is 5.22. The van der Waals surface area contributed by atoms with Crippen LogP contribution >= 0.6 is 15.9 Å². The third kappa shape index (κ3) is 2.84. The Bertz CT molecular complexity index is 435. The van der Waals surface area contributed by atoms with Crippen LogP contribution in [0.4, 0.5) is 4.39 Å². The fourth-order valence-corrected chi connectivity index (χ4v) is 1.76. The lowest BCUT2D eigenvalue weighted by molar-refractivity contribution is -0.152. The molecule has 0 saturated heterocycles. The number of hydrogen-bond acceptors (Lipinski definition) is 3. The maximum Gasteiger partial charge on any atom is 0.313 e. The lowest BCUT2D eigenvalue weighted by Crippen LogP contribution is -2.37. The molecule has 0 aliphatic heterocycles. The van der Waals surface area contributed by atoms with E-state index in [-0.39, 0.29) is 0 Å². The van der Waals surface area contributed by atoms with Gasteiger partial charge < -0.3 is 10.5 Å². The predicted octanol–water partition coefficient (Wildman–Crippen LogP) is 2.79. The van der Waals surface area contributed by atoms with Gasteiger partial charge in [0.25, 0.3) is 0 Å². The molecule has 0 fully saturated rings. The minimum Gasteiger partial charge on any atom is -0.469 e. The molecule has 17 heavy (non-hydrogen) atoms. The Labute approximate surface area is 108 Å². The van der Waals surface area contributed by atoms with Gasteiger partial charge >= 0.3 is 5.97 Å². The number of carbonyl (C=O) groups excluding carboxylic acids is 1. The summed E-state index contributed by atoms with van der Waals surface area (Å²) in [6.07, 6.45) is 0. The molecule has 0 spiro atoms. The molecule has 1 atom stereocenters. The van der Waals surface area contributed by atoms with Crippen molar-refractivity contribution in [2.45, 2.75) is 19.9 Å².